The van der Waals surface area contributed by atoms with Gasteiger partial charge < -0.3 is 9.84 Å². The number of carboxylic acids is 1. The first-order valence-electron chi connectivity index (χ1n) is 5.44. The van der Waals surface area contributed by atoms with Crippen LogP contribution in [0.3, 0.4) is 0 Å². The first kappa shape index (κ1) is 14.7. The predicted octanol–water partition coefficient (Wildman–Crippen LogP) is 1.50. The molecule has 1 aromatic carbocycles. The van der Waals surface area contributed by atoms with E-state index in [9.17, 15) is 13.2 Å². The molecule has 0 saturated heterocycles. The number of sulfone groups is 1. The Balaban J connectivity index is 3.02. The number of carboxylic acid groups (broad SMARTS) is 1. The molecule has 0 aliphatic heterocycles. The van der Waals surface area contributed by atoms with Crippen molar-refractivity contribution in [2.24, 2.45) is 0 Å². The van der Waals surface area contributed by atoms with Gasteiger partial charge in [0, 0.05) is 13.7 Å². The number of ether oxygens (including phenoxy) is 1. The minimum Gasteiger partial charge on any atom is -0.478 e. The van der Waals surface area contributed by atoms with E-state index in [0.29, 0.717) is 18.6 Å². The fourth-order valence-electron chi connectivity index (χ4n) is 1.54. The van der Waals surface area contributed by atoms with Gasteiger partial charge in [0.1, 0.15) is 0 Å². The van der Waals surface area contributed by atoms with Gasteiger partial charge in [0.15, 0.2) is 9.84 Å². The summed E-state index contributed by atoms with van der Waals surface area (Å²) < 4.78 is 28.7. The minimum absolute atomic E-state index is 0.0165. The number of aryl methyl sites for hydroxylation is 1. The number of methoxy groups -OCH3 is 1. The summed E-state index contributed by atoms with van der Waals surface area (Å²) in [5.74, 6) is -1.18. The predicted molar refractivity (Wildman–Crippen MR) is 66.7 cm³/mol. The fourth-order valence-corrected chi connectivity index (χ4v) is 2.84. The van der Waals surface area contributed by atoms with Crippen molar-refractivity contribution in [2.75, 3.05) is 19.5 Å². The molecule has 0 amide bonds. The zero-order valence-electron chi connectivity index (χ0n) is 10.3. The summed E-state index contributed by atoms with van der Waals surface area (Å²) in [6.07, 6.45) is 0.384. The molecular weight excluding hydrogens is 256 g/mol. The van der Waals surface area contributed by atoms with Crippen molar-refractivity contribution in [1.29, 1.82) is 0 Å². The molecule has 1 rings (SSSR count). The van der Waals surface area contributed by atoms with E-state index >= 15 is 0 Å². The highest BCUT2D eigenvalue weighted by atomic mass is 32.2. The zero-order chi connectivity index (χ0) is 13.8. The molecule has 0 unspecified atom stereocenters. The van der Waals surface area contributed by atoms with Gasteiger partial charge in [0.05, 0.1) is 16.2 Å². The molecule has 0 aliphatic rings. The molecule has 1 N–H and O–H groups in total. The lowest BCUT2D eigenvalue weighted by atomic mass is 10.1. The Bertz CT molecular complexity index is 533. The third-order valence-corrected chi connectivity index (χ3v) is 4.36. The Morgan fingerprint density at radius 2 is 2.06 bits per heavy atom. The van der Waals surface area contributed by atoms with E-state index in [4.69, 9.17) is 9.84 Å². The number of benzene rings is 1. The molecule has 5 nitrogen and oxygen atoms in total. The number of hydrogen-bond acceptors (Lipinski definition) is 4. The van der Waals surface area contributed by atoms with Gasteiger partial charge in [-0.2, -0.15) is 0 Å². The average Bonchev–Trinajstić information content (AvgIpc) is 2.29. The number of carbonyl (C=O) groups is 1. The van der Waals surface area contributed by atoms with Gasteiger partial charge in [-0.25, -0.2) is 13.2 Å². The molecule has 6 heteroatoms. The second-order valence-electron chi connectivity index (χ2n) is 3.95. The number of rotatable bonds is 6. The Hall–Kier alpha value is -1.40. The second kappa shape index (κ2) is 5.97. The smallest absolute Gasteiger partial charge is 0.335 e. The lowest BCUT2D eigenvalue weighted by Gasteiger charge is -2.07. The van der Waals surface area contributed by atoms with Crippen molar-refractivity contribution >= 4 is 15.8 Å². The van der Waals surface area contributed by atoms with E-state index < -0.39 is 15.8 Å². The van der Waals surface area contributed by atoms with E-state index in [1.54, 1.807) is 6.92 Å². The summed E-state index contributed by atoms with van der Waals surface area (Å²) in [6.45, 7) is 1.99. The largest absolute Gasteiger partial charge is 0.478 e. The van der Waals surface area contributed by atoms with Crippen molar-refractivity contribution < 1.29 is 23.1 Å². The third kappa shape index (κ3) is 3.54. The van der Waals surface area contributed by atoms with Crippen LogP contribution in [0.1, 0.15) is 22.3 Å². The van der Waals surface area contributed by atoms with E-state index in [1.165, 1.54) is 25.3 Å². The van der Waals surface area contributed by atoms with Crippen LogP contribution in [0.2, 0.25) is 0 Å². The third-order valence-electron chi connectivity index (χ3n) is 2.56. The Morgan fingerprint density at radius 1 is 1.39 bits per heavy atom. The Kier molecular flexibility index (Phi) is 4.86. The Labute approximate surface area is 106 Å². The van der Waals surface area contributed by atoms with Crippen LogP contribution in [0.15, 0.2) is 23.1 Å². The molecule has 0 atom stereocenters. The highest BCUT2D eigenvalue weighted by Gasteiger charge is 2.17. The van der Waals surface area contributed by atoms with E-state index in [-0.39, 0.29) is 16.2 Å². The first-order valence-corrected chi connectivity index (χ1v) is 7.09. The average molecular weight is 272 g/mol. The topological polar surface area (TPSA) is 80.7 Å². The van der Waals surface area contributed by atoms with Crippen molar-refractivity contribution in [2.45, 2.75) is 18.2 Å². The molecule has 0 bridgehead atoms. The lowest BCUT2D eigenvalue weighted by molar-refractivity contribution is 0.0696. The molecule has 100 valence electrons. The van der Waals surface area contributed by atoms with Crippen LogP contribution in [0.25, 0.3) is 0 Å². The van der Waals surface area contributed by atoms with Gasteiger partial charge in [-0.05, 0) is 31.0 Å². The SMILES string of the molecule is COCCCS(=O)(=O)c1ccc(C)c(C(=O)O)c1. The molecule has 0 saturated carbocycles. The normalized spacial score (nSPS) is 11.4. The van der Waals surface area contributed by atoms with Crippen molar-refractivity contribution in [3.63, 3.8) is 0 Å². The van der Waals surface area contributed by atoms with E-state index in [1.807, 2.05) is 0 Å². The van der Waals surface area contributed by atoms with Gasteiger partial charge >= 0.3 is 5.97 Å². The van der Waals surface area contributed by atoms with Crippen LogP contribution in [0, 0.1) is 6.92 Å². The molecule has 18 heavy (non-hydrogen) atoms. The minimum atomic E-state index is -3.45. The highest BCUT2D eigenvalue weighted by molar-refractivity contribution is 7.91. The van der Waals surface area contributed by atoms with Crippen LogP contribution >= 0.6 is 0 Å². The molecule has 0 aromatic heterocycles. The maximum atomic E-state index is 11.9. The van der Waals surface area contributed by atoms with E-state index in [0.717, 1.165) is 0 Å². The van der Waals surface area contributed by atoms with Crippen LogP contribution in [0.4, 0.5) is 0 Å². The maximum Gasteiger partial charge on any atom is 0.335 e. The monoisotopic (exact) mass is 272 g/mol. The summed E-state index contributed by atoms with van der Waals surface area (Å²) in [7, 11) is -1.95. The fraction of sp³-hybridized carbons (Fsp3) is 0.417. The summed E-state index contributed by atoms with van der Waals surface area (Å²) in [6, 6.07) is 4.15. The highest BCUT2D eigenvalue weighted by Crippen LogP contribution is 2.17. The second-order valence-corrected chi connectivity index (χ2v) is 6.06. The summed E-state index contributed by atoms with van der Waals surface area (Å²) in [5.41, 5.74) is 0.557. The molecule has 0 spiro atoms. The Morgan fingerprint density at radius 3 is 2.61 bits per heavy atom. The molecule has 0 radical (unpaired) electrons. The lowest BCUT2D eigenvalue weighted by Crippen LogP contribution is -2.10. The van der Waals surface area contributed by atoms with Gasteiger partial charge in [0.2, 0.25) is 0 Å². The summed E-state index contributed by atoms with van der Waals surface area (Å²) in [5, 5.41) is 8.96. The maximum absolute atomic E-state index is 11.9. The van der Waals surface area contributed by atoms with Crippen LogP contribution in [0.5, 0.6) is 0 Å². The van der Waals surface area contributed by atoms with Gasteiger partial charge in [-0.1, -0.05) is 6.07 Å². The number of aromatic carboxylic acids is 1. The number of hydrogen-bond donors (Lipinski definition) is 1. The van der Waals surface area contributed by atoms with Crippen LogP contribution < -0.4 is 0 Å². The summed E-state index contributed by atoms with van der Waals surface area (Å²) in [4.78, 5) is 11.0. The van der Waals surface area contributed by atoms with Gasteiger partial charge in [-0.3, -0.25) is 0 Å². The van der Waals surface area contributed by atoms with E-state index in [2.05, 4.69) is 0 Å². The molecule has 0 aliphatic carbocycles. The standard InChI is InChI=1S/C12H16O5S/c1-9-4-5-10(8-11(9)12(13)14)18(15,16)7-3-6-17-2/h4-5,8H,3,6-7H2,1-2H3,(H,13,14). The molecule has 0 fully saturated rings. The van der Waals surface area contributed by atoms with Crippen LogP contribution in [-0.4, -0.2) is 39.0 Å². The molecule has 0 heterocycles. The first-order chi connectivity index (χ1) is 8.38. The molecular formula is C12H16O5S. The van der Waals surface area contributed by atoms with Crippen molar-refractivity contribution in [3.05, 3.63) is 29.3 Å². The quantitative estimate of drug-likeness (QED) is 0.794. The van der Waals surface area contributed by atoms with Gasteiger partial charge in [0.25, 0.3) is 0 Å². The van der Waals surface area contributed by atoms with Crippen molar-refractivity contribution in [1.82, 2.24) is 0 Å². The van der Waals surface area contributed by atoms with Crippen LogP contribution in [-0.2, 0) is 14.6 Å². The molecule has 1 aromatic rings. The summed E-state index contributed by atoms with van der Waals surface area (Å²) >= 11 is 0. The zero-order valence-corrected chi connectivity index (χ0v) is 11.2. The van der Waals surface area contributed by atoms with Gasteiger partial charge in [-0.15, -0.1) is 0 Å². The van der Waals surface area contributed by atoms with Crippen molar-refractivity contribution in [3.8, 4) is 0 Å².